The van der Waals surface area contributed by atoms with Gasteiger partial charge in [-0.25, -0.2) is 4.79 Å². The van der Waals surface area contributed by atoms with Gasteiger partial charge >= 0.3 is 5.97 Å². The average Bonchev–Trinajstić information content (AvgIpc) is 2.44. The van der Waals surface area contributed by atoms with Gasteiger partial charge in [-0.05, 0) is 37.5 Å². The summed E-state index contributed by atoms with van der Waals surface area (Å²) in [6.45, 7) is 6.08. The number of esters is 1. The van der Waals surface area contributed by atoms with Crippen LogP contribution in [0.3, 0.4) is 0 Å². The van der Waals surface area contributed by atoms with Crippen molar-refractivity contribution in [1.29, 1.82) is 0 Å². The van der Waals surface area contributed by atoms with Crippen molar-refractivity contribution in [3.05, 3.63) is 29.8 Å². The topological polar surface area (TPSA) is 61.5 Å². The standard InChI is InChI=1S/C15H23NO3/c1-4-13(16)11-7-9-12(10-8-11)19-14(5-2)15(17)18-6-3/h7-10,13-14H,4-6,16H2,1-3H3/t13-,14?/m1/s1. The summed E-state index contributed by atoms with van der Waals surface area (Å²) in [5.74, 6) is 0.339. The van der Waals surface area contributed by atoms with E-state index in [1.807, 2.05) is 38.1 Å². The molecule has 0 aromatic heterocycles. The molecule has 0 saturated carbocycles. The maximum absolute atomic E-state index is 11.6. The molecular weight excluding hydrogens is 242 g/mol. The molecule has 1 aromatic rings. The molecule has 0 aliphatic heterocycles. The maximum atomic E-state index is 11.6. The van der Waals surface area contributed by atoms with E-state index in [0.29, 0.717) is 18.8 Å². The second-order valence-electron chi connectivity index (χ2n) is 4.35. The molecule has 0 aliphatic rings. The Bertz CT molecular complexity index is 389. The quantitative estimate of drug-likeness (QED) is 0.770. The SMILES string of the molecule is CCOC(=O)C(CC)Oc1ccc([C@H](N)CC)cc1. The molecule has 106 valence electrons. The van der Waals surface area contributed by atoms with Crippen LogP contribution >= 0.6 is 0 Å². The van der Waals surface area contributed by atoms with Crippen LogP contribution < -0.4 is 10.5 Å². The van der Waals surface area contributed by atoms with E-state index in [9.17, 15) is 4.79 Å². The van der Waals surface area contributed by atoms with Crippen molar-refractivity contribution in [2.75, 3.05) is 6.61 Å². The zero-order chi connectivity index (χ0) is 14.3. The van der Waals surface area contributed by atoms with Crippen LogP contribution in [-0.4, -0.2) is 18.7 Å². The zero-order valence-electron chi connectivity index (χ0n) is 11.9. The number of carbonyl (C=O) groups is 1. The molecule has 0 radical (unpaired) electrons. The molecule has 19 heavy (non-hydrogen) atoms. The van der Waals surface area contributed by atoms with Crippen LogP contribution in [0.1, 0.15) is 45.2 Å². The highest BCUT2D eigenvalue weighted by Gasteiger charge is 2.19. The van der Waals surface area contributed by atoms with Crippen LogP contribution in [0.4, 0.5) is 0 Å². The van der Waals surface area contributed by atoms with Crippen molar-refractivity contribution in [3.8, 4) is 5.75 Å². The Balaban J connectivity index is 2.68. The Labute approximate surface area is 114 Å². The summed E-state index contributed by atoms with van der Waals surface area (Å²) >= 11 is 0. The third-order valence-corrected chi connectivity index (χ3v) is 2.95. The van der Waals surface area contributed by atoms with E-state index in [0.717, 1.165) is 12.0 Å². The average molecular weight is 265 g/mol. The number of ether oxygens (including phenoxy) is 2. The van der Waals surface area contributed by atoms with Gasteiger partial charge < -0.3 is 15.2 Å². The van der Waals surface area contributed by atoms with Gasteiger partial charge in [0.15, 0.2) is 6.10 Å². The molecule has 1 aromatic carbocycles. The minimum Gasteiger partial charge on any atom is -0.479 e. The van der Waals surface area contributed by atoms with Crippen molar-refractivity contribution < 1.29 is 14.3 Å². The summed E-state index contributed by atoms with van der Waals surface area (Å²) in [5.41, 5.74) is 7.01. The summed E-state index contributed by atoms with van der Waals surface area (Å²) in [6.07, 6.45) is 0.918. The predicted molar refractivity (Wildman–Crippen MR) is 75.0 cm³/mol. The second kappa shape index (κ2) is 7.79. The summed E-state index contributed by atoms with van der Waals surface area (Å²) in [6, 6.07) is 7.59. The number of benzene rings is 1. The first-order valence-electron chi connectivity index (χ1n) is 6.81. The van der Waals surface area contributed by atoms with Crippen molar-refractivity contribution >= 4 is 5.97 Å². The van der Waals surface area contributed by atoms with E-state index in [1.54, 1.807) is 6.92 Å². The highest BCUT2D eigenvalue weighted by atomic mass is 16.6. The lowest BCUT2D eigenvalue weighted by molar-refractivity contribution is -0.151. The van der Waals surface area contributed by atoms with Gasteiger partial charge in [0.05, 0.1) is 6.61 Å². The van der Waals surface area contributed by atoms with Gasteiger partial charge in [-0.1, -0.05) is 26.0 Å². The summed E-state index contributed by atoms with van der Waals surface area (Å²) in [4.78, 5) is 11.6. The maximum Gasteiger partial charge on any atom is 0.347 e. The number of nitrogens with two attached hydrogens (primary N) is 1. The first-order chi connectivity index (χ1) is 9.12. The summed E-state index contributed by atoms with van der Waals surface area (Å²) < 4.78 is 10.6. The molecule has 4 heteroatoms. The predicted octanol–water partition coefficient (Wildman–Crippen LogP) is 2.82. The van der Waals surface area contributed by atoms with E-state index in [2.05, 4.69) is 0 Å². The highest BCUT2D eigenvalue weighted by Crippen LogP contribution is 2.20. The van der Waals surface area contributed by atoms with Gasteiger partial charge in [-0.2, -0.15) is 0 Å². The molecule has 0 bridgehead atoms. The molecule has 0 amide bonds. The highest BCUT2D eigenvalue weighted by molar-refractivity contribution is 5.75. The lowest BCUT2D eigenvalue weighted by atomic mass is 10.1. The van der Waals surface area contributed by atoms with Crippen molar-refractivity contribution in [3.63, 3.8) is 0 Å². The van der Waals surface area contributed by atoms with E-state index >= 15 is 0 Å². The largest absolute Gasteiger partial charge is 0.479 e. The number of hydrogen-bond donors (Lipinski definition) is 1. The zero-order valence-corrected chi connectivity index (χ0v) is 11.9. The lowest BCUT2D eigenvalue weighted by Crippen LogP contribution is -2.28. The first kappa shape index (κ1) is 15.5. The van der Waals surface area contributed by atoms with Crippen LogP contribution in [0.5, 0.6) is 5.75 Å². The van der Waals surface area contributed by atoms with Crippen LogP contribution in [0.25, 0.3) is 0 Å². The molecule has 0 spiro atoms. The third kappa shape index (κ3) is 4.56. The van der Waals surface area contributed by atoms with E-state index in [-0.39, 0.29) is 12.0 Å². The number of carbonyl (C=O) groups excluding carboxylic acids is 1. The summed E-state index contributed by atoms with van der Waals surface area (Å²) in [7, 11) is 0. The Morgan fingerprint density at radius 2 is 1.79 bits per heavy atom. The fourth-order valence-corrected chi connectivity index (χ4v) is 1.73. The Morgan fingerprint density at radius 1 is 1.16 bits per heavy atom. The molecular formula is C15H23NO3. The van der Waals surface area contributed by atoms with Gasteiger partial charge in [-0.3, -0.25) is 0 Å². The van der Waals surface area contributed by atoms with Crippen LogP contribution in [0.15, 0.2) is 24.3 Å². The van der Waals surface area contributed by atoms with E-state index in [4.69, 9.17) is 15.2 Å². The van der Waals surface area contributed by atoms with E-state index in [1.165, 1.54) is 0 Å². The second-order valence-corrected chi connectivity index (χ2v) is 4.35. The van der Waals surface area contributed by atoms with Gasteiger partial charge in [0.2, 0.25) is 0 Å². The lowest BCUT2D eigenvalue weighted by Gasteiger charge is -2.16. The number of hydrogen-bond acceptors (Lipinski definition) is 4. The molecule has 0 heterocycles. The number of rotatable bonds is 7. The minimum atomic E-state index is -0.550. The van der Waals surface area contributed by atoms with Crippen LogP contribution in [-0.2, 0) is 9.53 Å². The molecule has 1 rings (SSSR count). The van der Waals surface area contributed by atoms with Crippen molar-refractivity contribution in [2.24, 2.45) is 5.73 Å². The van der Waals surface area contributed by atoms with Gasteiger partial charge in [0.1, 0.15) is 5.75 Å². The smallest absolute Gasteiger partial charge is 0.347 e. The molecule has 2 atom stereocenters. The molecule has 0 fully saturated rings. The van der Waals surface area contributed by atoms with Crippen molar-refractivity contribution in [2.45, 2.75) is 45.8 Å². The Morgan fingerprint density at radius 3 is 2.26 bits per heavy atom. The normalized spacial score (nSPS) is 13.7. The third-order valence-electron chi connectivity index (χ3n) is 2.95. The van der Waals surface area contributed by atoms with Gasteiger partial charge in [0, 0.05) is 6.04 Å². The molecule has 4 nitrogen and oxygen atoms in total. The molecule has 0 aliphatic carbocycles. The van der Waals surface area contributed by atoms with Crippen LogP contribution in [0.2, 0.25) is 0 Å². The Hall–Kier alpha value is -1.55. The van der Waals surface area contributed by atoms with Crippen molar-refractivity contribution in [1.82, 2.24) is 0 Å². The monoisotopic (exact) mass is 265 g/mol. The first-order valence-corrected chi connectivity index (χ1v) is 6.81. The van der Waals surface area contributed by atoms with Gasteiger partial charge in [-0.15, -0.1) is 0 Å². The van der Waals surface area contributed by atoms with Gasteiger partial charge in [0.25, 0.3) is 0 Å². The molecule has 1 unspecified atom stereocenters. The summed E-state index contributed by atoms with van der Waals surface area (Å²) in [5, 5.41) is 0. The van der Waals surface area contributed by atoms with Crippen LogP contribution in [0, 0.1) is 0 Å². The fraction of sp³-hybridized carbons (Fsp3) is 0.533. The Kier molecular flexibility index (Phi) is 6.36. The molecule has 0 saturated heterocycles. The fourth-order valence-electron chi connectivity index (χ4n) is 1.73. The molecule has 2 N–H and O–H groups in total. The van der Waals surface area contributed by atoms with E-state index < -0.39 is 6.10 Å². The minimum absolute atomic E-state index is 0.0427.